The number of hydrogen-bond donors (Lipinski definition) is 1. The fourth-order valence-corrected chi connectivity index (χ4v) is 4.48. The Labute approximate surface area is 200 Å². The summed E-state index contributed by atoms with van der Waals surface area (Å²) in [5, 5.41) is 2.29. The van der Waals surface area contributed by atoms with Crippen LogP contribution in [0.4, 0.5) is 31.5 Å². The van der Waals surface area contributed by atoms with E-state index in [2.05, 4.69) is 19.6 Å². The fraction of sp³-hybridized carbons (Fsp3) is 0.409. The monoisotopic (exact) mass is 518 g/mol. The highest BCUT2D eigenvalue weighted by Gasteiger charge is 2.41. The van der Waals surface area contributed by atoms with Crippen molar-refractivity contribution in [1.29, 1.82) is 0 Å². The van der Waals surface area contributed by atoms with Crippen LogP contribution in [0, 0.1) is 0 Å². The Morgan fingerprint density at radius 3 is 2.51 bits per heavy atom. The van der Waals surface area contributed by atoms with E-state index in [9.17, 15) is 31.1 Å². The van der Waals surface area contributed by atoms with E-state index < -0.39 is 40.9 Å². The van der Waals surface area contributed by atoms with Gasteiger partial charge in [0.25, 0.3) is 5.91 Å². The van der Waals surface area contributed by atoms with Crippen LogP contribution in [-0.4, -0.2) is 39.3 Å². The number of alkyl halides is 6. The molecule has 1 saturated heterocycles. The summed E-state index contributed by atoms with van der Waals surface area (Å²) in [6.07, 6.45) is -7.00. The molecule has 4 rings (SSSR count). The van der Waals surface area contributed by atoms with Gasteiger partial charge in [-0.1, -0.05) is 12.1 Å². The number of amides is 1. The first-order valence-electron chi connectivity index (χ1n) is 10.7. The molecule has 1 aliphatic heterocycles. The Kier molecular flexibility index (Phi) is 6.91. The van der Waals surface area contributed by atoms with E-state index in [1.807, 2.05) is 6.92 Å². The van der Waals surface area contributed by atoms with Gasteiger partial charge in [-0.05, 0) is 51.1 Å². The minimum atomic E-state index is -5.05. The molecule has 3 heterocycles. The van der Waals surface area contributed by atoms with Gasteiger partial charge in [-0.3, -0.25) is 10.1 Å². The molecule has 1 atom stereocenters. The van der Waals surface area contributed by atoms with E-state index in [0.29, 0.717) is 18.3 Å². The first-order valence-corrected chi connectivity index (χ1v) is 11.5. The number of carbonyl (C=O) groups is 1. The first kappa shape index (κ1) is 25.2. The lowest BCUT2D eigenvalue weighted by molar-refractivity contribution is -0.153. The molecule has 35 heavy (non-hydrogen) atoms. The maximum atomic E-state index is 13.6. The van der Waals surface area contributed by atoms with Crippen molar-refractivity contribution in [2.45, 2.75) is 44.6 Å². The van der Waals surface area contributed by atoms with Crippen LogP contribution in [0.5, 0.6) is 0 Å². The molecule has 3 aromatic rings. The lowest BCUT2D eigenvalue weighted by Crippen LogP contribution is -2.32. The SMILES string of the molecule is CC(Cc1nsc(NC(=O)c2cc(-c3cccc(C(F)(F)F)c3)oc2C(F)(F)F)n1)N1CCCC1. The van der Waals surface area contributed by atoms with Crippen molar-refractivity contribution in [2.24, 2.45) is 0 Å². The molecule has 1 N–H and O–H groups in total. The lowest BCUT2D eigenvalue weighted by Gasteiger charge is -2.22. The van der Waals surface area contributed by atoms with Crippen molar-refractivity contribution in [1.82, 2.24) is 14.3 Å². The normalized spacial score (nSPS) is 16.0. The summed E-state index contributed by atoms with van der Waals surface area (Å²) in [7, 11) is 0. The fourth-order valence-electron chi connectivity index (χ4n) is 3.89. The van der Waals surface area contributed by atoms with E-state index in [1.54, 1.807) is 0 Å². The summed E-state index contributed by atoms with van der Waals surface area (Å²) in [5.41, 5.74) is -2.18. The molecule has 0 radical (unpaired) electrons. The number of nitrogens with zero attached hydrogens (tertiary/aromatic N) is 3. The lowest BCUT2D eigenvalue weighted by atomic mass is 10.1. The summed E-state index contributed by atoms with van der Waals surface area (Å²) in [5.74, 6) is -2.84. The van der Waals surface area contributed by atoms with Gasteiger partial charge in [-0.2, -0.15) is 30.7 Å². The molecular formula is C22H20F6N4O2S. The minimum Gasteiger partial charge on any atom is -0.451 e. The Morgan fingerprint density at radius 1 is 1.14 bits per heavy atom. The Bertz CT molecular complexity index is 1200. The van der Waals surface area contributed by atoms with Crippen molar-refractivity contribution in [3.8, 4) is 11.3 Å². The minimum absolute atomic E-state index is 0.00793. The van der Waals surface area contributed by atoms with Crippen molar-refractivity contribution in [3.63, 3.8) is 0 Å². The zero-order valence-electron chi connectivity index (χ0n) is 18.3. The third kappa shape index (κ3) is 5.84. The van der Waals surface area contributed by atoms with E-state index in [4.69, 9.17) is 4.42 Å². The molecule has 0 aliphatic carbocycles. The van der Waals surface area contributed by atoms with Crippen LogP contribution in [-0.2, 0) is 18.8 Å². The second-order valence-electron chi connectivity index (χ2n) is 8.20. The third-order valence-corrected chi connectivity index (χ3v) is 6.31. The zero-order valence-corrected chi connectivity index (χ0v) is 19.2. The largest absolute Gasteiger partial charge is 0.451 e. The molecule has 0 spiro atoms. The third-order valence-electron chi connectivity index (χ3n) is 5.64. The molecule has 1 aromatic carbocycles. The summed E-state index contributed by atoms with van der Waals surface area (Å²) in [6, 6.07) is 4.58. The van der Waals surface area contributed by atoms with E-state index in [0.717, 1.165) is 61.7 Å². The number of furan rings is 1. The second-order valence-corrected chi connectivity index (χ2v) is 8.95. The number of nitrogens with one attached hydrogen (secondary N) is 1. The molecule has 13 heteroatoms. The highest BCUT2D eigenvalue weighted by atomic mass is 32.1. The molecule has 1 unspecified atom stereocenters. The van der Waals surface area contributed by atoms with E-state index in [-0.39, 0.29) is 16.7 Å². The summed E-state index contributed by atoms with van der Waals surface area (Å²) < 4.78 is 88.7. The Morgan fingerprint density at radius 2 is 1.86 bits per heavy atom. The highest BCUT2D eigenvalue weighted by Crippen LogP contribution is 2.39. The topological polar surface area (TPSA) is 71.3 Å². The molecular weight excluding hydrogens is 498 g/mol. The molecule has 1 fully saturated rings. The van der Waals surface area contributed by atoms with Gasteiger partial charge in [0.05, 0.1) is 11.1 Å². The van der Waals surface area contributed by atoms with Gasteiger partial charge in [-0.25, -0.2) is 4.98 Å². The number of benzene rings is 1. The number of aromatic nitrogens is 2. The quantitative estimate of drug-likeness (QED) is 0.399. The Balaban J connectivity index is 1.55. The summed E-state index contributed by atoms with van der Waals surface area (Å²) in [6.45, 7) is 3.98. The maximum Gasteiger partial charge on any atom is 0.450 e. The van der Waals surface area contributed by atoms with Crippen molar-refractivity contribution in [2.75, 3.05) is 18.4 Å². The van der Waals surface area contributed by atoms with Gasteiger partial charge in [0.15, 0.2) is 0 Å². The zero-order chi connectivity index (χ0) is 25.4. The molecule has 2 aromatic heterocycles. The predicted molar refractivity (Wildman–Crippen MR) is 116 cm³/mol. The number of anilines is 1. The van der Waals surface area contributed by atoms with Gasteiger partial charge < -0.3 is 9.32 Å². The number of carbonyl (C=O) groups excluding carboxylic acids is 1. The highest BCUT2D eigenvalue weighted by molar-refractivity contribution is 7.09. The Hall–Kier alpha value is -2.93. The van der Waals surface area contributed by atoms with Gasteiger partial charge in [0, 0.05) is 29.6 Å². The van der Waals surface area contributed by atoms with E-state index in [1.165, 1.54) is 0 Å². The molecule has 0 saturated carbocycles. The molecule has 1 amide bonds. The second kappa shape index (κ2) is 9.61. The molecule has 6 nitrogen and oxygen atoms in total. The average Bonchev–Trinajstić information content (AvgIpc) is 3.53. The molecule has 1 aliphatic rings. The van der Waals surface area contributed by atoms with Crippen molar-refractivity contribution in [3.05, 3.63) is 53.0 Å². The van der Waals surface area contributed by atoms with Crippen LogP contribution in [0.25, 0.3) is 11.3 Å². The summed E-state index contributed by atoms with van der Waals surface area (Å²) >= 11 is 0.830. The van der Waals surface area contributed by atoms with Crippen LogP contribution in [0.1, 0.15) is 47.3 Å². The van der Waals surface area contributed by atoms with Gasteiger partial charge >= 0.3 is 12.4 Å². The predicted octanol–water partition coefficient (Wildman–Crippen LogP) is 6.11. The number of halogens is 6. The van der Waals surface area contributed by atoms with Gasteiger partial charge in [-0.15, -0.1) is 0 Å². The summed E-state index contributed by atoms with van der Waals surface area (Å²) in [4.78, 5) is 19.2. The molecule has 188 valence electrons. The van der Waals surface area contributed by atoms with Gasteiger partial charge in [0.2, 0.25) is 10.9 Å². The smallest absolute Gasteiger partial charge is 0.450 e. The number of likely N-dealkylation sites (tertiary alicyclic amines) is 1. The van der Waals surface area contributed by atoms with Crippen molar-refractivity contribution >= 4 is 22.6 Å². The number of rotatable bonds is 6. The van der Waals surface area contributed by atoms with Crippen molar-refractivity contribution < 1.29 is 35.6 Å². The van der Waals surface area contributed by atoms with Crippen LogP contribution < -0.4 is 5.32 Å². The van der Waals surface area contributed by atoms with Crippen LogP contribution in [0.15, 0.2) is 34.7 Å². The van der Waals surface area contributed by atoms with Crippen LogP contribution in [0.3, 0.4) is 0 Å². The van der Waals surface area contributed by atoms with Crippen LogP contribution >= 0.6 is 11.5 Å². The molecule has 0 bridgehead atoms. The standard InChI is InChI=1S/C22H20F6N4O2S/c1-12(32-7-2-3-8-32)9-17-29-20(35-31-17)30-19(33)15-11-16(34-18(15)22(26,27)28)13-5-4-6-14(10-13)21(23,24)25/h4-6,10-12H,2-3,7-9H2,1H3,(H,29,30,31,33). The first-order chi connectivity index (χ1) is 16.4. The van der Waals surface area contributed by atoms with Gasteiger partial charge in [0.1, 0.15) is 11.6 Å². The van der Waals surface area contributed by atoms with Crippen LogP contribution in [0.2, 0.25) is 0 Å². The average molecular weight is 518 g/mol. The van der Waals surface area contributed by atoms with E-state index >= 15 is 0 Å². The number of hydrogen-bond acceptors (Lipinski definition) is 6. The maximum absolute atomic E-state index is 13.6.